The van der Waals surface area contributed by atoms with E-state index in [0.29, 0.717) is 12.8 Å². The molecule has 0 aliphatic heterocycles. The van der Waals surface area contributed by atoms with Crippen LogP contribution in [0.25, 0.3) is 0 Å². The van der Waals surface area contributed by atoms with E-state index in [1.54, 1.807) is 0 Å². The molecule has 0 unspecified atom stereocenters. The number of benzene rings is 1. The summed E-state index contributed by atoms with van der Waals surface area (Å²) < 4.78 is 1.01. The maximum Gasteiger partial charge on any atom is 0.284 e. The van der Waals surface area contributed by atoms with E-state index in [1.807, 2.05) is 39.0 Å². The Morgan fingerprint density at radius 3 is 2.71 bits per heavy atom. The van der Waals surface area contributed by atoms with Crippen LogP contribution in [0.5, 0.6) is 0 Å². The van der Waals surface area contributed by atoms with E-state index < -0.39 is 5.91 Å². The molecule has 0 saturated carbocycles. The fraction of sp³-hybridized carbons (Fsp3) is 0.385. The number of amides is 1. The lowest BCUT2D eigenvalue weighted by atomic mass is 9.82. The van der Waals surface area contributed by atoms with Crippen molar-refractivity contribution in [2.45, 2.75) is 26.2 Å². The van der Waals surface area contributed by atoms with Gasteiger partial charge in [-0.25, -0.2) is 0 Å². The molecule has 4 heteroatoms. The lowest BCUT2D eigenvalue weighted by molar-refractivity contribution is -0.131. The second-order valence-electron chi connectivity index (χ2n) is 4.68. The van der Waals surface area contributed by atoms with Gasteiger partial charge in [-0.15, -0.1) is 0 Å². The Balaban J connectivity index is 2.91. The monoisotopic (exact) mass is 297 g/mol. The molecule has 0 aliphatic rings. The van der Waals surface area contributed by atoms with Gasteiger partial charge in [-0.05, 0) is 30.2 Å². The fourth-order valence-corrected chi connectivity index (χ4v) is 2.13. The van der Waals surface area contributed by atoms with Gasteiger partial charge in [0.15, 0.2) is 0 Å². The average molecular weight is 298 g/mol. The minimum absolute atomic E-state index is 0.216. The number of aldehydes is 1. The topological polar surface area (TPSA) is 46.2 Å². The first kappa shape index (κ1) is 13.9. The van der Waals surface area contributed by atoms with Crippen LogP contribution in [0.15, 0.2) is 22.7 Å². The third kappa shape index (κ3) is 3.66. The average Bonchev–Trinajstić information content (AvgIpc) is 2.29. The van der Waals surface area contributed by atoms with E-state index in [1.165, 1.54) is 5.56 Å². The van der Waals surface area contributed by atoms with Crippen molar-refractivity contribution < 1.29 is 9.59 Å². The van der Waals surface area contributed by atoms with E-state index in [-0.39, 0.29) is 5.41 Å². The number of aryl methyl sites for hydroxylation is 1. The molecule has 92 valence electrons. The van der Waals surface area contributed by atoms with Crippen LogP contribution in [0.4, 0.5) is 0 Å². The maximum absolute atomic E-state index is 11.0. The van der Waals surface area contributed by atoms with E-state index >= 15 is 0 Å². The van der Waals surface area contributed by atoms with Gasteiger partial charge in [0, 0.05) is 16.4 Å². The third-order valence-electron chi connectivity index (χ3n) is 2.74. The van der Waals surface area contributed by atoms with Crippen LogP contribution in [0.3, 0.4) is 0 Å². The summed E-state index contributed by atoms with van der Waals surface area (Å²) in [5, 5.41) is 2.60. The molecule has 0 aromatic heterocycles. The highest BCUT2D eigenvalue weighted by Crippen LogP contribution is 2.28. The van der Waals surface area contributed by atoms with Crippen molar-refractivity contribution in [2.24, 2.45) is 0 Å². The molecular formula is C13H16BrNO2. The SMILES string of the molecule is Cc1ccc(Br)cc1C(C)(C)CNC(=O)C=O. The molecule has 1 rings (SSSR count). The van der Waals surface area contributed by atoms with Gasteiger partial charge in [-0.2, -0.15) is 0 Å². The highest BCUT2D eigenvalue weighted by Gasteiger charge is 2.23. The predicted octanol–water partition coefficient (Wildman–Crippen LogP) is 2.35. The largest absolute Gasteiger partial charge is 0.349 e. The summed E-state index contributed by atoms with van der Waals surface area (Å²) in [4.78, 5) is 21.2. The first-order chi connectivity index (χ1) is 7.86. The van der Waals surface area contributed by atoms with E-state index in [0.717, 1.165) is 10.0 Å². The molecule has 0 atom stereocenters. The van der Waals surface area contributed by atoms with Crippen LogP contribution in [-0.4, -0.2) is 18.7 Å². The fourth-order valence-electron chi connectivity index (χ4n) is 1.77. The van der Waals surface area contributed by atoms with E-state index in [9.17, 15) is 9.59 Å². The predicted molar refractivity (Wildman–Crippen MR) is 71.0 cm³/mol. The number of nitrogens with one attached hydrogen (secondary N) is 1. The third-order valence-corrected chi connectivity index (χ3v) is 3.23. The molecule has 0 saturated heterocycles. The number of carbonyl (C=O) groups excluding carboxylic acids is 2. The molecule has 0 radical (unpaired) electrons. The molecule has 3 nitrogen and oxygen atoms in total. The number of carbonyl (C=O) groups is 2. The van der Waals surface area contributed by atoms with Crippen molar-refractivity contribution in [2.75, 3.05) is 6.54 Å². The highest BCUT2D eigenvalue weighted by molar-refractivity contribution is 9.10. The minimum atomic E-state index is -0.578. The normalized spacial score (nSPS) is 11.1. The van der Waals surface area contributed by atoms with Gasteiger partial charge in [-0.3, -0.25) is 9.59 Å². The van der Waals surface area contributed by atoms with E-state index in [2.05, 4.69) is 21.2 Å². The van der Waals surface area contributed by atoms with Gasteiger partial charge in [0.1, 0.15) is 0 Å². The second kappa shape index (κ2) is 5.45. The smallest absolute Gasteiger partial charge is 0.284 e. The molecule has 0 spiro atoms. The summed E-state index contributed by atoms with van der Waals surface area (Å²) >= 11 is 3.44. The van der Waals surface area contributed by atoms with Gasteiger partial charge < -0.3 is 5.32 Å². The van der Waals surface area contributed by atoms with Crippen LogP contribution in [0.2, 0.25) is 0 Å². The summed E-state index contributed by atoms with van der Waals surface area (Å²) in [6, 6.07) is 6.06. The molecule has 1 aromatic carbocycles. The zero-order valence-electron chi connectivity index (χ0n) is 10.2. The Labute approximate surface area is 110 Å². The first-order valence-electron chi connectivity index (χ1n) is 5.36. The van der Waals surface area contributed by atoms with Gasteiger partial charge in [0.25, 0.3) is 5.91 Å². The minimum Gasteiger partial charge on any atom is -0.349 e. The van der Waals surface area contributed by atoms with Crippen LogP contribution in [-0.2, 0) is 15.0 Å². The molecular weight excluding hydrogens is 282 g/mol. The molecule has 0 fully saturated rings. The molecule has 0 aliphatic carbocycles. The van der Waals surface area contributed by atoms with E-state index in [4.69, 9.17) is 0 Å². The van der Waals surface area contributed by atoms with Crippen LogP contribution in [0, 0.1) is 6.92 Å². The van der Waals surface area contributed by atoms with Crippen LogP contribution >= 0.6 is 15.9 Å². The van der Waals surface area contributed by atoms with Gasteiger partial charge in [0.05, 0.1) is 0 Å². The second-order valence-corrected chi connectivity index (χ2v) is 5.59. The van der Waals surface area contributed by atoms with Gasteiger partial charge in [-0.1, -0.05) is 35.8 Å². The molecule has 0 bridgehead atoms. The number of halogens is 1. The molecule has 1 amide bonds. The summed E-state index contributed by atoms with van der Waals surface area (Å²) in [6.07, 6.45) is 0.295. The van der Waals surface area contributed by atoms with Crippen molar-refractivity contribution in [1.29, 1.82) is 0 Å². The van der Waals surface area contributed by atoms with Crippen molar-refractivity contribution in [3.05, 3.63) is 33.8 Å². The first-order valence-corrected chi connectivity index (χ1v) is 6.16. The summed E-state index contributed by atoms with van der Waals surface area (Å²) in [7, 11) is 0. The van der Waals surface area contributed by atoms with Crippen molar-refractivity contribution in [1.82, 2.24) is 5.32 Å². The summed E-state index contributed by atoms with van der Waals surface area (Å²) in [5.74, 6) is -0.578. The van der Waals surface area contributed by atoms with Crippen molar-refractivity contribution >= 4 is 28.1 Å². The van der Waals surface area contributed by atoms with Crippen LogP contribution in [0.1, 0.15) is 25.0 Å². The van der Waals surface area contributed by atoms with Crippen molar-refractivity contribution in [3.63, 3.8) is 0 Å². The number of rotatable bonds is 4. The Bertz CT molecular complexity index is 441. The summed E-state index contributed by atoms with van der Waals surface area (Å²) in [6.45, 7) is 6.53. The summed E-state index contributed by atoms with van der Waals surface area (Å²) in [5.41, 5.74) is 2.10. The number of hydrogen-bond acceptors (Lipinski definition) is 2. The quantitative estimate of drug-likeness (QED) is 0.685. The Hall–Kier alpha value is -1.16. The lowest BCUT2D eigenvalue weighted by Crippen LogP contribution is -2.37. The molecule has 17 heavy (non-hydrogen) atoms. The Morgan fingerprint density at radius 1 is 1.47 bits per heavy atom. The lowest BCUT2D eigenvalue weighted by Gasteiger charge is -2.27. The number of hydrogen-bond donors (Lipinski definition) is 1. The van der Waals surface area contributed by atoms with Crippen molar-refractivity contribution in [3.8, 4) is 0 Å². The Morgan fingerprint density at radius 2 is 2.12 bits per heavy atom. The maximum atomic E-state index is 11.0. The van der Waals surface area contributed by atoms with Gasteiger partial charge >= 0.3 is 0 Å². The highest BCUT2D eigenvalue weighted by atomic mass is 79.9. The Kier molecular flexibility index (Phi) is 4.46. The molecule has 1 N–H and O–H groups in total. The zero-order chi connectivity index (χ0) is 13.1. The molecule has 1 aromatic rings. The van der Waals surface area contributed by atoms with Gasteiger partial charge in [0.2, 0.25) is 6.29 Å². The zero-order valence-corrected chi connectivity index (χ0v) is 11.8. The molecule has 0 heterocycles. The van der Waals surface area contributed by atoms with Crippen LogP contribution < -0.4 is 5.32 Å². The standard InChI is InChI=1S/C13H16BrNO2/c1-9-4-5-10(14)6-11(9)13(2,3)8-15-12(17)7-16/h4-7H,8H2,1-3H3,(H,15,17).